The fourth-order valence-electron chi connectivity index (χ4n) is 3.53. The van der Waals surface area contributed by atoms with Crippen LogP contribution in [-0.4, -0.2) is 32.0 Å². The molecule has 116 valence electrons. The van der Waals surface area contributed by atoms with E-state index in [1.807, 2.05) is 0 Å². The molecule has 2 saturated heterocycles. The summed E-state index contributed by atoms with van der Waals surface area (Å²) in [6.45, 7) is -2.85. The summed E-state index contributed by atoms with van der Waals surface area (Å²) in [5.41, 5.74) is -0.119. The van der Waals surface area contributed by atoms with Crippen molar-refractivity contribution in [2.24, 2.45) is 0 Å². The normalized spacial score (nSPS) is 35.1. The average molecular weight is 316 g/mol. The van der Waals surface area contributed by atoms with Gasteiger partial charge >= 0.3 is 6.61 Å². The summed E-state index contributed by atoms with van der Waals surface area (Å²) in [5, 5.41) is 10.9. The van der Waals surface area contributed by atoms with Gasteiger partial charge in [0.1, 0.15) is 5.75 Å². The molecule has 0 amide bonds. The maximum atomic E-state index is 12.2. The summed E-state index contributed by atoms with van der Waals surface area (Å²) in [5.74, 6) is 0.105. The van der Waals surface area contributed by atoms with Crippen molar-refractivity contribution in [1.82, 2.24) is 0 Å². The van der Waals surface area contributed by atoms with Crippen molar-refractivity contribution >= 4 is 10.8 Å². The van der Waals surface area contributed by atoms with Crippen LogP contribution in [0.5, 0.6) is 5.75 Å². The SMILES string of the molecule is O=S1C2CCC1CC(O)(Cc1cccc(OC(F)F)c1)C2. The molecule has 2 heterocycles. The second-order valence-electron chi connectivity index (χ2n) is 5.99. The van der Waals surface area contributed by atoms with E-state index >= 15 is 0 Å². The van der Waals surface area contributed by atoms with Gasteiger partial charge in [-0.1, -0.05) is 12.1 Å². The molecule has 1 aromatic carbocycles. The van der Waals surface area contributed by atoms with E-state index in [9.17, 15) is 18.1 Å². The molecular formula is C15H18F2O3S. The van der Waals surface area contributed by atoms with Crippen LogP contribution in [0.2, 0.25) is 0 Å². The first-order valence-corrected chi connectivity index (χ1v) is 8.38. The second-order valence-corrected chi connectivity index (χ2v) is 7.98. The van der Waals surface area contributed by atoms with Crippen molar-refractivity contribution < 1.29 is 22.8 Å². The smallest absolute Gasteiger partial charge is 0.387 e. The molecule has 3 nitrogen and oxygen atoms in total. The molecule has 0 spiro atoms. The third kappa shape index (κ3) is 3.26. The minimum Gasteiger partial charge on any atom is -0.435 e. The summed E-state index contributed by atoms with van der Waals surface area (Å²) < 4.78 is 40.9. The van der Waals surface area contributed by atoms with Gasteiger partial charge in [0.05, 0.1) is 5.60 Å². The molecule has 0 radical (unpaired) electrons. The van der Waals surface area contributed by atoms with E-state index in [1.165, 1.54) is 12.1 Å². The highest BCUT2D eigenvalue weighted by molar-refractivity contribution is 7.86. The first-order chi connectivity index (χ1) is 9.95. The lowest BCUT2D eigenvalue weighted by Gasteiger charge is -2.36. The molecule has 0 saturated carbocycles. The van der Waals surface area contributed by atoms with Crippen LogP contribution in [0.3, 0.4) is 0 Å². The van der Waals surface area contributed by atoms with Crippen LogP contribution >= 0.6 is 0 Å². The first kappa shape index (κ1) is 14.9. The number of alkyl halides is 2. The second kappa shape index (κ2) is 5.65. The molecule has 2 unspecified atom stereocenters. The van der Waals surface area contributed by atoms with E-state index in [0.29, 0.717) is 19.3 Å². The number of hydrogen-bond donors (Lipinski definition) is 1. The van der Waals surface area contributed by atoms with Crippen molar-refractivity contribution in [1.29, 1.82) is 0 Å². The van der Waals surface area contributed by atoms with Crippen molar-refractivity contribution in [3.8, 4) is 5.75 Å². The predicted molar refractivity (Wildman–Crippen MR) is 75.9 cm³/mol. The Morgan fingerprint density at radius 1 is 1.33 bits per heavy atom. The minimum absolute atomic E-state index is 0.0780. The Balaban J connectivity index is 1.73. The molecule has 2 fully saturated rings. The lowest BCUT2D eigenvalue weighted by atomic mass is 9.87. The largest absolute Gasteiger partial charge is 0.435 e. The van der Waals surface area contributed by atoms with Crippen molar-refractivity contribution in [2.45, 2.75) is 54.8 Å². The number of rotatable bonds is 4. The maximum absolute atomic E-state index is 12.2. The molecule has 6 heteroatoms. The van der Waals surface area contributed by atoms with Gasteiger partial charge in [0, 0.05) is 27.7 Å². The lowest BCUT2D eigenvalue weighted by Crippen LogP contribution is -2.44. The fourth-order valence-corrected chi connectivity index (χ4v) is 5.76. The van der Waals surface area contributed by atoms with Gasteiger partial charge in [-0.15, -0.1) is 0 Å². The molecule has 2 aliphatic rings. The molecule has 2 aliphatic heterocycles. The number of halogens is 2. The Labute approximate surface area is 124 Å². The van der Waals surface area contributed by atoms with Gasteiger partial charge in [0.2, 0.25) is 0 Å². The van der Waals surface area contributed by atoms with Gasteiger partial charge < -0.3 is 9.84 Å². The van der Waals surface area contributed by atoms with E-state index in [4.69, 9.17) is 0 Å². The third-order valence-electron chi connectivity index (χ3n) is 4.34. The minimum atomic E-state index is -2.85. The molecular weight excluding hydrogens is 298 g/mol. The first-order valence-electron chi connectivity index (χ1n) is 7.11. The highest BCUT2D eigenvalue weighted by atomic mass is 32.2. The highest BCUT2D eigenvalue weighted by Crippen LogP contribution is 2.42. The van der Waals surface area contributed by atoms with Gasteiger partial charge in [-0.3, -0.25) is 4.21 Å². The molecule has 1 N–H and O–H groups in total. The summed E-state index contributed by atoms with van der Waals surface area (Å²) in [6.07, 6.45) is 3.26. The van der Waals surface area contributed by atoms with E-state index < -0.39 is 23.0 Å². The Morgan fingerprint density at radius 2 is 2.00 bits per heavy atom. The number of benzene rings is 1. The van der Waals surface area contributed by atoms with Gasteiger partial charge in [-0.2, -0.15) is 8.78 Å². The van der Waals surface area contributed by atoms with Crippen LogP contribution in [-0.2, 0) is 17.2 Å². The molecule has 3 rings (SSSR count). The Bertz CT molecular complexity index is 533. The third-order valence-corrected chi connectivity index (χ3v) is 6.46. The van der Waals surface area contributed by atoms with Gasteiger partial charge in [-0.05, 0) is 43.4 Å². The zero-order chi connectivity index (χ0) is 15.0. The van der Waals surface area contributed by atoms with E-state index in [-0.39, 0.29) is 16.2 Å². The summed E-state index contributed by atoms with van der Waals surface area (Å²) in [4.78, 5) is 0. The summed E-state index contributed by atoms with van der Waals surface area (Å²) in [7, 11) is -0.819. The van der Waals surface area contributed by atoms with Crippen molar-refractivity contribution in [3.63, 3.8) is 0 Å². The number of hydrogen-bond acceptors (Lipinski definition) is 3. The Morgan fingerprint density at radius 3 is 2.62 bits per heavy atom. The van der Waals surface area contributed by atoms with Crippen LogP contribution in [0.4, 0.5) is 8.78 Å². The number of fused-ring (bicyclic) bond motifs is 2. The zero-order valence-electron chi connectivity index (χ0n) is 11.5. The summed E-state index contributed by atoms with van der Waals surface area (Å²) >= 11 is 0. The van der Waals surface area contributed by atoms with Crippen LogP contribution < -0.4 is 4.74 Å². The van der Waals surface area contributed by atoms with Crippen LogP contribution in [0.1, 0.15) is 31.2 Å². The molecule has 21 heavy (non-hydrogen) atoms. The number of ether oxygens (including phenoxy) is 1. The van der Waals surface area contributed by atoms with Crippen LogP contribution in [0.15, 0.2) is 24.3 Å². The van der Waals surface area contributed by atoms with E-state index in [2.05, 4.69) is 4.74 Å². The molecule has 1 aromatic rings. The molecule has 0 aliphatic carbocycles. The van der Waals surface area contributed by atoms with Gasteiger partial charge in [0.25, 0.3) is 0 Å². The van der Waals surface area contributed by atoms with Gasteiger partial charge in [0.15, 0.2) is 0 Å². The zero-order valence-corrected chi connectivity index (χ0v) is 12.3. The Kier molecular flexibility index (Phi) is 4.01. The number of aliphatic hydroxyl groups is 1. The van der Waals surface area contributed by atoms with Crippen LogP contribution in [0.25, 0.3) is 0 Å². The highest BCUT2D eigenvalue weighted by Gasteiger charge is 2.47. The predicted octanol–water partition coefficient (Wildman–Crippen LogP) is 2.64. The molecule has 2 atom stereocenters. The van der Waals surface area contributed by atoms with E-state index in [1.54, 1.807) is 12.1 Å². The fraction of sp³-hybridized carbons (Fsp3) is 0.600. The van der Waals surface area contributed by atoms with Crippen molar-refractivity contribution in [2.75, 3.05) is 0 Å². The van der Waals surface area contributed by atoms with E-state index in [0.717, 1.165) is 18.4 Å². The van der Waals surface area contributed by atoms with Gasteiger partial charge in [-0.25, -0.2) is 0 Å². The molecule has 0 aromatic heterocycles. The standard InChI is InChI=1S/C15H18F2O3S/c16-14(17)20-11-3-1-2-10(6-11)7-15(18)8-12-4-5-13(9-15)21(12)19/h1-3,6,12-14,18H,4-5,7-9H2. The van der Waals surface area contributed by atoms with Crippen molar-refractivity contribution in [3.05, 3.63) is 29.8 Å². The topological polar surface area (TPSA) is 46.5 Å². The lowest BCUT2D eigenvalue weighted by molar-refractivity contribution is -0.0499. The summed E-state index contributed by atoms with van der Waals surface area (Å²) in [6, 6.07) is 6.45. The van der Waals surface area contributed by atoms with Crippen LogP contribution in [0, 0.1) is 0 Å². The monoisotopic (exact) mass is 316 g/mol. The average Bonchev–Trinajstić information content (AvgIpc) is 2.62. The quantitative estimate of drug-likeness (QED) is 0.929. The molecule has 2 bridgehead atoms. The maximum Gasteiger partial charge on any atom is 0.387 e. The Hall–Kier alpha value is -1.01.